The lowest BCUT2D eigenvalue weighted by atomic mass is 10.1. The monoisotopic (exact) mass is 261 g/mol. The lowest BCUT2D eigenvalue weighted by molar-refractivity contribution is -0.888. The molecule has 0 rings (SSSR count). The Labute approximate surface area is 115 Å². The SMILES string of the molecule is CCCCCCCCCCCC[N+](C)(C)CC.[F-]. The molecule has 0 N–H and O–H groups in total. The number of unbranched alkanes of at least 4 members (excludes halogenated alkanes) is 9. The molecule has 0 aliphatic rings. The second-order valence-corrected chi connectivity index (χ2v) is 6.16. The summed E-state index contributed by atoms with van der Waals surface area (Å²) in [6, 6.07) is 0. The van der Waals surface area contributed by atoms with E-state index in [-0.39, 0.29) is 4.70 Å². The Kier molecular flexibility index (Phi) is 15.0. The smallest absolute Gasteiger partial charge is 0.0782 e. The first-order valence-corrected chi connectivity index (χ1v) is 7.94. The van der Waals surface area contributed by atoms with Gasteiger partial charge in [-0.25, -0.2) is 0 Å². The van der Waals surface area contributed by atoms with Crippen LogP contribution in [-0.2, 0) is 0 Å². The molecule has 0 saturated heterocycles. The summed E-state index contributed by atoms with van der Waals surface area (Å²) in [5, 5.41) is 0. The van der Waals surface area contributed by atoms with Gasteiger partial charge in [0.15, 0.2) is 0 Å². The lowest BCUT2D eigenvalue weighted by Gasteiger charge is -2.28. The van der Waals surface area contributed by atoms with E-state index in [9.17, 15) is 0 Å². The van der Waals surface area contributed by atoms with Crippen molar-refractivity contribution in [2.45, 2.75) is 78.1 Å². The third-order valence-electron chi connectivity index (χ3n) is 3.97. The van der Waals surface area contributed by atoms with E-state index in [1.807, 2.05) is 0 Å². The van der Waals surface area contributed by atoms with Crippen molar-refractivity contribution < 1.29 is 9.19 Å². The maximum absolute atomic E-state index is 2.34. The fourth-order valence-corrected chi connectivity index (χ4v) is 2.19. The van der Waals surface area contributed by atoms with Gasteiger partial charge in [0, 0.05) is 0 Å². The summed E-state index contributed by atoms with van der Waals surface area (Å²) in [7, 11) is 4.68. The lowest BCUT2D eigenvalue weighted by Crippen LogP contribution is -3.00. The molecule has 0 aliphatic carbocycles. The Balaban J connectivity index is 0. The van der Waals surface area contributed by atoms with Gasteiger partial charge >= 0.3 is 0 Å². The largest absolute Gasteiger partial charge is 1.00 e. The van der Waals surface area contributed by atoms with E-state index in [4.69, 9.17) is 0 Å². The summed E-state index contributed by atoms with van der Waals surface area (Å²) >= 11 is 0. The van der Waals surface area contributed by atoms with E-state index in [1.165, 1.54) is 81.8 Å². The fraction of sp³-hybridized carbons (Fsp3) is 1.00. The number of rotatable bonds is 12. The van der Waals surface area contributed by atoms with Crippen molar-refractivity contribution in [2.75, 3.05) is 27.2 Å². The van der Waals surface area contributed by atoms with Crippen LogP contribution in [0.25, 0.3) is 0 Å². The molecule has 0 spiro atoms. The fourth-order valence-electron chi connectivity index (χ4n) is 2.19. The molecule has 0 fully saturated rings. The molecule has 0 radical (unpaired) electrons. The number of quaternary nitrogens is 1. The molecule has 0 bridgehead atoms. The van der Waals surface area contributed by atoms with Crippen molar-refractivity contribution in [3.05, 3.63) is 0 Å². The van der Waals surface area contributed by atoms with Crippen LogP contribution >= 0.6 is 0 Å². The predicted molar refractivity (Wildman–Crippen MR) is 79.4 cm³/mol. The highest BCUT2D eigenvalue weighted by atomic mass is 19.0. The van der Waals surface area contributed by atoms with Crippen molar-refractivity contribution in [1.82, 2.24) is 0 Å². The van der Waals surface area contributed by atoms with E-state index in [2.05, 4.69) is 27.9 Å². The minimum atomic E-state index is 0. The van der Waals surface area contributed by atoms with Crippen LogP contribution in [0.3, 0.4) is 0 Å². The average Bonchev–Trinajstić information content (AvgIpc) is 2.31. The molecule has 0 heterocycles. The maximum Gasteiger partial charge on any atom is 0.0782 e. The highest BCUT2D eigenvalue weighted by molar-refractivity contribution is 4.47. The van der Waals surface area contributed by atoms with Crippen LogP contribution in [-0.4, -0.2) is 31.7 Å². The van der Waals surface area contributed by atoms with E-state index in [0.29, 0.717) is 0 Å². The van der Waals surface area contributed by atoms with Crippen molar-refractivity contribution in [2.24, 2.45) is 0 Å². The van der Waals surface area contributed by atoms with Gasteiger partial charge in [-0.05, 0) is 19.8 Å². The van der Waals surface area contributed by atoms with E-state index >= 15 is 0 Å². The summed E-state index contributed by atoms with van der Waals surface area (Å²) in [5.41, 5.74) is 0. The standard InChI is InChI=1S/C16H36N.FH/c1-5-7-8-9-10-11-12-13-14-15-16-17(3,4)6-2;/h5-16H2,1-4H3;1H/q+1;/p-1. The van der Waals surface area contributed by atoms with Gasteiger partial charge in [0.25, 0.3) is 0 Å². The van der Waals surface area contributed by atoms with Crippen molar-refractivity contribution in [3.63, 3.8) is 0 Å². The van der Waals surface area contributed by atoms with Crippen LogP contribution in [0.4, 0.5) is 0 Å². The van der Waals surface area contributed by atoms with Gasteiger partial charge in [0.2, 0.25) is 0 Å². The zero-order valence-electron chi connectivity index (χ0n) is 13.3. The van der Waals surface area contributed by atoms with Crippen LogP contribution in [0.5, 0.6) is 0 Å². The number of hydrogen-bond donors (Lipinski definition) is 0. The minimum absolute atomic E-state index is 0. The van der Waals surface area contributed by atoms with Crippen LogP contribution < -0.4 is 4.70 Å². The molecule has 18 heavy (non-hydrogen) atoms. The molecule has 1 nitrogen and oxygen atoms in total. The molecule has 0 aliphatic heterocycles. The van der Waals surface area contributed by atoms with Crippen molar-refractivity contribution >= 4 is 0 Å². The molecule has 0 saturated carbocycles. The van der Waals surface area contributed by atoms with Gasteiger partial charge in [0.05, 0.1) is 27.2 Å². The summed E-state index contributed by atoms with van der Waals surface area (Å²) in [4.78, 5) is 0. The topological polar surface area (TPSA) is 0 Å². The molecule has 0 atom stereocenters. The highest BCUT2D eigenvalue weighted by Gasteiger charge is 2.09. The molecule has 0 aromatic heterocycles. The average molecular weight is 261 g/mol. The molecular weight excluding hydrogens is 225 g/mol. The number of hydrogen-bond acceptors (Lipinski definition) is 0. The quantitative estimate of drug-likeness (QED) is 0.372. The minimum Gasteiger partial charge on any atom is -1.00 e. The number of nitrogens with zero attached hydrogens (tertiary/aromatic N) is 1. The van der Waals surface area contributed by atoms with Crippen molar-refractivity contribution in [1.29, 1.82) is 0 Å². The molecule has 0 unspecified atom stereocenters. The first kappa shape index (κ1) is 20.2. The zero-order valence-corrected chi connectivity index (χ0v) is 13.3. The molecule has 0 aromatic rings. The highest BCUT2D eigenvalue weighted by Crippen LogP contribution is 2.11. The van der Waals surface area contributed by atoms with E-state index in [0.717, 1.165) is 0 Å². The van der Waals surface area contributed by atoms with Crippen LogP contribution in [0.1, 0.15) is 78.1 Å². The second kappa shape index (κ2) is 13.3. The summed E-state index contributed by atoms with van der Waals surface area (Å²) in [6.07, 6.45) is 14.4. The van der Waals surface area contributed by atoms with Crippen LogP contribution in [0.15, 0.2) is 0 Å². The summed E-state index contributed by atoms with van der Waals surface area (Å²) in [5.74, 6) is 0. The van der Waals surface area contributed by atoms with Crippen LogP contribution in [0.2, 0.25) is 0 Å². The van der Waals surface area contributed by atoms with E-state index in [1.54, 1.807) is 0 Å². The van der Waals surface area contributed by atoms with Gasteiger partial charge < -0.3 is 9.19 Å². The third-order valence-corrected chi connectivity index (χ3v) is 3.97. The normalized spacial score (nSPS) is 11.3. The summed E-state index contributed by atoms with van der Waals surface area (Å²) in [6.45, 7) is 7.19. The molecule has 2 heteroatoms. The Morgan fingerprint density at radius 2 is 1.00 bits per heavy atom. The van der Waals surface area contributed by atoms with Crippen LogP contribution in [0, 0.1) is 0 Å². The molecule has 0 amide bonds. The van der Waals surface area contributed by atoms with Gasteiger partial charge in [0.1, 0.15) is 0 Å². The Hall–Kier alpha value is -0.110. The van der Waals surface area contributed by atoms with Gasteiger partial charge in [-0.1, -0.05) is 58.3 Å². The Morgan fingerprint density at radius 1 is 0.611 bits per heavy atom. The van der Waals surface area contributed by atoms with Gasteiger partial charge in [-0.3, -0.25) is 0 Å². The summed E-state index contributed by atoms with van der Waals surface area (Å²) < 4.78 is 1.19. The first-order valence-electron chi connectivity index (χ1n) is 7.94. The number of halogens is 1. The third kappa shape index (κ3) is 14.0. The van der Waals surface area contributed by atoms with E-state index < -0.39 is 0 Å². The van der Waals surface area contributed by atoms with Crippen molar-refractivity contribution in [3.8, 4) is 0 Å². The maximum atomic E-state index is 2.34. The Bertz CT molecular complexity index is 157. The van der Waals surface area contributed by atoms with Gasteiger partial charge in [-0.2, -0.15) is 0 Å². The zero-order chi connectivity index (χ0) is 13.0. The molecular formula is C16H36FN. The predicted octanol–water partition coefficient (Wildman–Crippen LogP) is 2.01. The Morgan fingerprint density at radius 3 is 1.39 bits per heavy atom. The second-order valence-electron chi connectivity index (χ2n) is 6.16. The molecule has 112 valence electrons. The molecule has 0 aromatic carbocycles. The van der Waals surface area contributed by atoms with Gasteiger partial charge in [-0.15, -0.1) is 0 Å². The first-order chi connectivity index (χ1) is 8.12.